The molecule has 0 bridgehead atoms. The molecule has 2 aromatic rings. The highest BCUT2D eigenvalue weighted by molar-refractivity contribution is 7.09. The lowest BCUT2D eigenvalue weighted by Crippen LogP contribution is -2.21. The highest BCUT2D eigenvalue weighted by atomic mass is 35.5. The number of nitrogens with zero attached hydrogens (tertiary/aromatic N) is 2. The van der Waals surface area contributed by atoms with E-state index in [0.29, 0.717) is 12.4 Å². The third-order valence-electron chi connectivity index (χ3n) is 2.30. The summed E-state index contributed by atoms with van der Waals surface area (Å²) in [5, 5.41) is 2.83. The van der Waals surface area contributed by atoms with E-state index in [1.807, 2.05) is 18.4 Å². The van der Waals surface area contributed by atoms with E-state index in [4.69, 9.17) is 11.6 Å². The Balaban J connectivity index is 2.30. The van der Waals surface area contributed by atoms with Gasteiger partial charge >= 0.3 is 0 Å². The number of pyridine rings is 1. The van der Waals surface area contributed by atoms with E-state index in [1.54, 1.807) is 16.7 Å². The zero-order valence-electron chi connectivity index (χ0n) is 8.81. The molecule has 0 saturated heterocycles. The first-order valence-corrected chi connectivity index (χ1v) is 6.28. The quantitative estimate of drug-likeness (QED) is 0.789. The molecule has 0 fully saturated rings. The molecule has 0 unspecified atom stereocenters. The second-order valence-corrected chi connectivity index (χ2v) is 4.67. The van der Waals surface area contributed by atoms with Crippen molar-refractivity contribution in [3.63, 3.8) is 0 Å². The van der Waals surface area contributed by atoms with E-state index in [9.17, 15) is 4.79 Å². The molecule has 2 rings (SSSR count). The van der Waals surface area contributed by atoms with Gasteiger partial charge in [-0.15, -0.1) is 22.9 Å². The summed E-state index contributed by atoms with van der Waals surface area (Å²) >= 11 is 7.21. The van der Waals surface area contributed by atoms with Gasteiger partial charge in [0.25, 0.3) is 5.56 Å². The summed E-state index contributed by atoms with van der Waals surface area (Å²) in [7, 11) is 0. The van der Waals surface area contributed by atoms with Gasteiger partial charge in [-0.25, -0.2) is 4.98 Å². The first-order valence-electron chi connectivity index (χ1n) is 4.86. The SMILES string of the molecule is Cc1cccc(=O)n1Cc1nc(CCl)cs1. The van der Waals surface area contributed by atoms with Gasteiger partial charge in [-0.2, -0.15) is 0 Å². The van der Waals surface area contributed by atoms with Gasteiger partial charge in [-0.3, -0.25) is 4.79 Å². The van der Waals surface area contributed by atoms with Crippen LogP contribution in [0, 0.1) is 6.92 Å². The first kappa shape index (κ1) is 11.4. The van der Waals surface area contributed by atoms with Crippen molar-refractivity contribution in [2.75, 3.05) is 0 Å². The highest BCUT2D eigenvalue weighted by Crippen LogP contribution is 2.12. The van der Waals surface area contributed by atoms with Crippen LogP contribution >= 0.6 is 22.9 Å². The fourth-order valence-electron chi connectivity index (χ4n) is 1.44. The van der Waals surface area contributed by atoms with Gasteiger partial charge in [0, 0.05) is 17.1 Å². The van der Waals surface area contributed by atoms with Crippen LogP contribution in [0.25, 0.3) is 0 Å². The summed E-state index contributed by atoms with van der Waals surface area (Å²) in [5.41, 5.74) is 1.81. The topological polar surface area (TPSA) is 34.9 Å². The van der Waals surface area contributed by atoms with Crippen molar-refractivity contribution in [1.82, 2.24) is 9.55 Å². The number of hydrogen-bond donors (Lipinski definition) is 0. The average Bonchev–Trinajstić information content (AvgIpc) is 2.71. The second-order valence-electron chi connectivity index (χ2n) is 3.46. The average molecular weight is 255 g/mol. The summed E-state index contributed by atoms with van der Waals surface area (Å²) in [6.45, 7) is 2.44. The van der Waals surface area contributed by atoms with Crippen LogP contribution in [0.4, 0.5) is 0 Å². The van der Waals surface area contributed by atoms with Crippen molar-refractivity contribution in [3.8, 4) is 0 Å². The van der Waals surface area contributed by atoms with Gasteiger partial charge in [0.2, 0.25) is 0 Å². The van der Waals surface area contributed by atoms with Crippen molar-refractivity contribution in [3.05, 3.63) is 50.3 Å². The smallest absolute Gasteiger partial charge is 0.251 e. The molecule has 0 aliphatic heterocycles. The lowest BCUT2D eigenvalue weighted by atomic mass is 10.3. The normalized spacial score (nSPS) is 10.6. The summed E-state index contributed by atoms with van der Waals surface area (Å²) in [6, 6.07) is 5.24. The predicted molar refractivity (Wildman–Crippen MR) is 66.2 cm³/mol. The lowest BCUT2D eigenvalue weighted by molar-refractivity contribution is 0.724. The van der Waals surface area contributed by atoms with Crippen LogP contribution in [-0.4, -0.2) is 9.55 Å². The van der Waals surface area contributed by atoms with E-state index in [-0.39, 0.29) is 5.56 Å². The molecule has 0 spiro atoms. The third-order valence-corrected chi connectivity index (χ3v) is 3.45. The Bertz CT molecular complexity index is 547. The molecule has 0 aliphatic carbocycles. The number of halogens is 1. The molecular weight excluding hydrogens is 244 g/mol. The fraction of sp³-hybridized carbons (Fsp3) is 0.273. The Kier molecular flexibility index (Phi) is 3.41. The van der Waals surface area contributed by atoms with Crippen LogP contribution in [0.15, 0.2) is 28.4 Å². The fourth-order valence-corrected chi connectivity index (χ4v) is 2.45. The lowest BCUT2D eigenvalue weighted by Gasteiger charge is -2.06. The van der Waals surface area contributed by atoms with Crippen LogP contribution in [-0.2, 0) is 12.4 Å². The summed E-state index contributed by atoms with van der Waals surface area (Å²) in [4.78, 5) is 16.0. The molecule has 0 amide bonds. The molecule has 0 atom stereocenters. The molecule has 0 N–H and O–H groups in total. The molecule has 84 valence electrons. The Morgan fingerprint density at radius 3 is 2.94 bits per heavy atom. The Labute approximate surface area is 102 Å². The number of aromatic nitrogens is 2. The number of aryl methyl sites for hydroxylation is 1. The van der Waals surface area contributed by atoms with Crippen molar-refractivity contribution in [1.29, 1.82) is 0 Å². The predicted octanol–water partition coefficient (Wildman–Crippen LogP) is 2.40. The van der Waals surface area contributed by atoms with Gasteiger partial charge in [-0.05, 0) is 13.0 Å². The summed E-state index contributed by atoms with van der Waals surface area (Å²) in [5.74, 6) is 0.416. The first-order chi connectivity index (χ1) is 7.70. The minimum atomic E-state index is 0.00243. The molecule has 0 aromatic carbocycles. The Morgan fingerprint density at radius 1 is 1.50 bits per heavy atom. The molecule has 0 saturated carbocycles. The number of hydrogen-bond acceptors (Lipinski definition) is 3. The van der Waals surface area contributed by atoms with Crippen molar-refractivity contribution in [2.45, 2.75) is 19.3 Å². The Hall–Kier alpha value is -1.13. The minimum Gasteiger partial charge on any atom is -0.306 e. The highest BCUT2D eigenvalue weighted by Gasteiger charge is 2.04. The van der Waals surface area contributed by atoms with Crippen molar-refractivity contribution < 1.29 is 0 Å². The van der Waals surface area contributed by atoms with Gasteiger partial charge < -0.3 is 4.57 Å². The Morgan fingerprint density at radius 2 is 2.31 bits per heavy atom. The van der Waals surface area contributed by atoms with E-state index < -0.39 is 0 Å². The number of alkyl halides is 1. The summed E-state index contributed by atoms with van der Waals surface area (Å²) < 4.78 is 1.71. The largest absolute Gasteiger partial charge is 0.306 e. The summed E-state index contributed by atoms with van der Waals surface area (Å²) in [6.07, 6.45) is 0. The van der Waals surface area contributed by atoms with Crippen LogP contribution in [0.5, 0.6) is 0 Å². The monoisotopic (exact) mass is 254 g/mol. The van der Waals surface area contributed by atoms with Gasteiger partial charge in [0.05, 0.1) is 18.1 Å². The zero-order chi connectivity index (χ0) is 11.5. The number of rotatable bonds is 3. The maximum absolute atomic E-state index is 11.6. The number of thiazole rings is 1. The van der Waals surface area contributed by atoms with Crippen LogP contribution in [0.3, 0.4) is 0 Å². The molecule has 2 heterocycles. The van der Waals surface area contributed by atoms with Gasteiger partial charge in [0.1, 0.15) is 5.01 Å². The molecule has 0 radical (unpaired) electrons. The zero-order valence-corrected chi connectivity index (χ0v) is 10.4. The standard InChI is InChI=1S/C11H11ClN2OS/c1-8-3-2-4-11(15)14(8)6-10-13-9(5-12)7-16-10/h2-4,7H,5-6H2,1H3. The maximum atomic E-state index is 11.6. The van der Waals surface area contributed by atoms with Gasteiger partial charge in [-0.1, -0.05) is 6.07 Å². The molecule has 16 heavy (non-hydrogen) atoms. The van der Waals surface area contributed by atoms with E-state index in [1.165, 1.54) is 11.3 Å². The van der Waals surface area contributed by atoms with E-state index >= 15 is 0 Å². The van der Waals surface area contributed by atoms with Gasteiger partial charge in [0.15, 0.2) is 0 Å². The maximum Gasteiger partial charge on any atom is 0.251 e. The van der Waals surface area contributed by atoms with E-state index in [0.717, 1.165) is 16.4 Å². The third kappa shape index (κ3) is 2.33. The molecule has 0 aliphatic rings. The van der Waals surface area contributed by atoms with Crippen molar-refractivity contribution in [2.24, 2.45) is 0 Å². The second kappa shape index (κ2) is 4.80. The van der Waals surface area contributed by atoms with Crippen LogP contribution in [0.1, 0.15) is 16.4 Å². The molecule has 2 aromatic heterocycles. The minimum absolute atomic E-state index is 0.00243. The van der Waals surface area contributed by atoms with Crippen LogP contribution < -0.4 is 5.56 Å². The van der Waals surface area contributed by atoms with Crippen molar-refractivity contribution >= 4 is 22.9 Å². The molecule has 3 nitrogen and oxygen atoms in total. The molecular formula is C11H11ClN2OS. The molecule has 5 heteroatoms. The van der Waals surface area contributed by atoms with E-state index in [2.05, 4.69) is 4.98 Å². The van der Waals surface area contributed by atoms with Crippen LogP contribution in [0.2, 0.25) is 0 Å².